The van der Waals surface area contributed by atoms with Gasteiger partial charge in [-0.25, -0.2) is 4.79 Å². The van der Waals surface area contributed by atoms with E-state index in [-0.39, 0.29) is 11.3 Å². The molecule has 0 spiro atoms. The Labute approximate surface area is 138 Å². The first-order valence-corrected chi connectivity index (χ1v) is 7.15. The number of hydrogen-bond donors (Lipinski definition) is 1. The Morgan fingerprint density at radius 2 is 1.79 bits per heavy atom. The van der Waals surface area contributed by atoms with E-state index < -0.39 is 23.4 Å². The summed E-state index contributed by atoms with van der Waals surface area (Å²) < 4.78 is 4.88. The molecule has 2 aromatic carbocycles. The predicted molar refractivity (Wildman–Crippen MR) is 87.9 cm³/mol. The van der Waals surface area contributed by atoms with Crippen molar-refractivity contribution in [3.8, 4) is 0 Å². The third kappa shape index (κ3) is 4.64. The van der Waals surface area contributed by atoms with Crippen LogP contribution in [0.5, 0.6) is 0 Å². The molecular formula is C17H16N2O5. The number of nitrogens with one attached hydrogen (secondary N) is 1. The first-order valence-electron chi connectivity index (χ1n) is 7.15. The van der Waals surface area contributed by atoms with E-state index in [2.05, 4.69) is 5.32 Å². The number of hydrogen-bond acceptors (Lipinski definition) is 5. The zero-order valence-corrected chi connectivity index (χ0v) is 13.2. The van der Waals surface area contributed by atoms with Gasteiger partial charge in [-0.3, -0.25) is 14.9 Å². The lowest BCUT2D eigenvalue weighted by Gasteiger charge is -2.08. The Kier molecular flexibility index (Phi) is 5.26. The molecule has 7 heteroatoms. The Morgan fingerprint density at radius 3 is 2.42 bits per heavy atom. The smallest absolute Gasteiger partial charge is 0.338 e. The minimum Gasteiger partial charge on any atom is -0.452 e. The van der Waals surface area contributed by atoms with Gasteiger partial charge in [-0.1, -0.05) is 12.1 Å². The number of nitro groups is 1. The highest BCUT2D eigenvalue weighted by atomic mass is 16.6. The quantitative estimate of drug-likeness (QED) is 0.517. The lowest BCUT2D eigenvalue weighted by molar-refractivity contribution is -0.384. The monoisotopic (exact) mass is 328 g/mol. The van der Waals surface area contributed by atoms with Crippen LogP contribution in [-0.2, 0) is 9.53 Å². The topological polar surface area (TPSA) is 98.5 Å². The van der Waals surface area contributed by atoms with Crippen molar-refractivity contribution in [2.75, 3.05) is 11.9 Å². The standard InChI is InChI=1S/C17H16N2O5/c1-11-6-12(2)8-14(7-11)18-16(20)10-24-17(21)13-4-3-5-15(9-13)19(22)23/h3-9H,10H2,1-2H3,(H,18,20). The second-order valence-electron chi connectivity index (χ2n) is 5.31. The van der Waals surface area contributed by atoms with Gasteiger partial charge in [-0.2, -0.15) is 0 Å². The maximum Gasteiger partial charge on any atom is 0.338 e. The van der Waals surface area contributed by atoms with Crippen LogP contribution in [0.1, 0.15) is 21.5 Å². The van der Waals surface area contributed by atoms with Crippen molar-refractivity contribution in [1.29, 1.82) is 0 Å². The molecule has 0 aromatic heterocycles. The van der Waals surface area contributed by atoms with Crippen molar-refractivity contribution in [2.45, 2.75) is 13.8 Å². The van der Waals surface area contributed by atoms with E-state index in [0.29, 0.717) is 5.69 Å². The molecular weight excluding hydrogens is 312 g/mol. The normalized spacial score (nSPS) is 10.1. The molecule has 0 aliphatic rings. The molecule has 7 nitrogen and oxygen atoms in total. The van der Waals surface area contributed by atoms with E-state index in [0.717, 1.165) is 17.2 Å². The van der Waals surface area contributed by atoms with E-state index in [4.69, 9.17) is 4.74 Å². The molecule has 0 aliphatic heterocycles. The minimum atomic E-state index is -0.797. The van der Waals surface area contributed by atoms with Crippen molar-refractivity contribution in [1.82, 2.24) is 0 Å². The lowest BCUT2D eigenvalue weighted by Crippen LogP contribution is -2.21. The number of esters is 1. The largest absolute Gasteiger partial charge is 0.452 e. The molecule has 124 valence electrons. The first-order chi connectivity index (χ1) is 11.3. The zero-order valence-electron chi connectivity index (χ0n) is 13.2. The van der Waals surface area contributed by atoms with Crippen LogP contribution in [0.4, 0.5) is 11.4 Å². The number of ether oxygens (including phenoxy) is 1. The number of anilines is 1. The third-order valence-electron chi connectivity index (χ3n) is 3.13. The second kappa shape index (κ2) is 7.36. The predicted octanol–water partition coefficient (Wildman–Crippen LogP) is 3.01. The third-order valence-corrected chi connectivity index (χ3v) is 3.13. The Balaban J connectivity index is 1.95. The molecule has 0 heterocycles. The molecule has 0 bridgehead atoms. The average molecular weight is 328 g/mol. The number of carbonyl (C=O) groups excluding carboxylic acids is 2. The summed E-state index contributed by atoms with van der Waals surface area (Å²) in [6.45, 7) is 3.34. The second-order valence-corrected chi connectivity index (χ2v) is 5.31. The lowest BCUT2D eigenvalue weighted by atomic mass is 10.1. The first kappa shape index (κ1) is 17.1. The number of amides is 1. The summed E-state index contributed by atoms with van der Waals surface area (Å²) in [5.74, 6) is -1.28. The van der Waals surface area contributed by atoms with Gasteiger partial charge in [-0.05, 0) is 43.2 Å². The Morgan fingerprint density at radius 1 is 1.12 bits per heavy atom. The Hall–Kier alpha value is -3.22. The fraction of sp³-hybridized carbons (Fsp3) is 0.176. The fourth-order valence-corrected chi connectivity index (χ4v) is 2.20. The van der Waals surface area contributed by atoms with Crippen molar-refractivity contribution >= 4 is 23.3 Å². The van der Waals surface area contributed by atoms with Crippen LogP contribution in [0.3, 0.4) is 0 Å². The maximum absolute atomic E-state index is 11.9. The van der Waals surface area contributed by atoms with E-state index >= 15 is 0 Å². The number of rotatable bonds is 5. The molecule has 0 saturated carbocycles. The molecule has 0 unspecified atom stereocenters. The van der Waals surface area contributed by atoms with Gasteiger partial charge in [0.1, 0.15) is 0 Å². The Bertz CT molecular complexity index is 781. The van der Waals surface area contributed by atoms with Crippen molar-refractivity contribution < 1.29 is 19.2 Å². The van der Waals surface area contributed by atoms with E-state index in [1.54, 1.807) is 12.1 Å². The van der Waals surface area contributed by atoms with Gasteiger partial charge in [0.2, 0.25) is 0 Å². The van der Waals surface area contributed by atoms with Gasteiger partial charge in [0.05, 0.1) is 10.5 Å². The van der Waals surface area contributed by atoms with Crippen LogP contribution < -0.4 is 5.32 Å². The van der Waals surface area contributed by atoms with Gasteiger partial charge >= 0.3 is 5.97 Å². The minimum absolute atomic E-state index is 0.0170. The summed E-state index contributed by atoms with van der Waals surface area (Å²) in [7, 11) is 0. The van der Waals surface area contributed by atoms with Crippen LogP contribution in [0.15, 0.2) is 42.5 Å². The zero-order chi connectivity index (χ0) is 17.7. The molecule has 0 radical (unpaired) electrons. The van der Waals surface area contributed by atoms with Gasteiger partial charge in [0.15, 0.2) is 6.61 Å². The molecule has 0 fully saturated rings. The fourth-order valence-electron chi connectivity index (χ4n) is 2.20. The van der Waals surface area contributed by atoms with Crippen molar-refractivity contribution in [3.05, 3.63) is 69.3 Å². The van der Waals surface area contributed by atoms with Gasteiger partial charge < -0.3 is 10.1 Å². The molecule has 0 atom stereocenters. The summed E-state index contributed by atoms with van der Waals surface area (Å²) >= 11 is 0. The summed E-state index contributed by atoms with van der Waals surface area (Å²) in [5, 5.41) is 13.3. The molecule has 0 saturated heterocycles. The van der Waals surface area contributed by atoms with E-state index in [1.165, 1.54) is 18.2 Å². The van der Waals surface area contributed by atoms with Crippen LogP contribution in [0.2, 0.25) is 0 Å². The summed E-state index contributed by atoms with van der Waals surface area (Å²) in [6, 6.07) is 10.7. The number of nitrogens with zero attached hydrogens (tertiary/aromatic N) is 1. The van der Waals surface area contributed by atoms with E-state index in [1.807, 2.05) is 19.9 Å². The highest BCUT2D eigenvalue weighted by Crippen LogP contribution is 2.15. The number of benzene rings is 2. The van der Waals surface area contributed by atoms with Crippen LogP contribution >= 0.6 is 0 Å². The van der Waals surface area contributed by atoms with Gasteiger partial charge in [-0.15, -0.1) is 0 Å². The summed E-state index contributed by atoms with van der Waals surface area (Å²) in [4.78, 5) is 33.8. The molecule has 24 heavy (non-hydrogen) atoms. The molecule has 2 aromatic rings. The van der Waals surface area contributed by atoms with Gasteiger partial charge in [0.25, 0.3) is 11.6 Å². The number of carbonyl (C=O) groups is 2. The highest BCUT2D eigenvalue weighted by molar-refractivity contribution is 5.95. The summed E-state index contributed by atoms with van der Waals surface area (Å²) in [5.41, 5.74) is 2.41. The van der Waals surface area contributed by atoms with Crippen molar-refractivity contribution in [2.24, 2.45) is 0 Å². The van der Waals surface area contributed by atoms with Crippen molar-refractivity contribution in [3.63, 3.8) is 0 Å². The maximum atomic E-state index is 11.9. The molecule has 2 rings (SSSR count). The number of non-ortho nitro benzene ring substituents is 1. The molecule has 0 aliphatic carbocycles. The van der Waals surface area contributed by atoms with E-state index in [9.17, 15) is 19.7 Å². The van der Waals surface area contributed by atoms with Crippen LogP contribution in [0.25, 0.3) is 0 Å². The van der Waals surface area contributed by atoms with Gasteiger partial charge in [0, 0.05) is 17.8 Å². The van der Waals surface area contributed by atoms with Crippen LogP contribution in [0, 0.1) is 24.0 Å². The molecule has 1 N–H and O–H groups in total. The molecule has 1 amide bonds. The summed E-state index contributed by atoms with van der Waals surface area (Å²) in [6.07, 6.45) is 0. The number of aryl methyl sites for hydroxylation is 2. The SMILES string of the molecule is Cc1cc(C)cc(NC(=O)COC(=O)c2cccc([N+](=O)[O-])c2)c1. The highest BCUT2D eigenvalue weighted by Gasteiger charge is 2.14. The average Bonchev–Trinajstić information content (AvgIpc) is 2.51. The number of nitro benzene ring substituents is 1. The van der Waals surface area contributed by atoms with Crippen LogP contribution in [-0.4, -0.2) is 23.4 Å².